The second kappa shape index (κ2) is 7.53. The van der Waals surface area contributed by atoms with Crippen molar-refractivity contribution in [2.75, 3.05) is 7.05 Å². The lowest BCUT2D eigenvalue weighted by molar-refractivity contribution is 0.410. The van der Waals surface area contributed by atoms with Gasteiger partial charge in [-0.1, -0.05) is 26.2 Å². The summed E-state index contributed by atoms with van der Waals surface area (Å²) in [5, 5.41) is 6.96. The summed E-state index contributed by atoms with van der Waals surface area (Å²) in [5.41, 5.74) is 0. The highest BCUT2D eigenvalue weighted by Crippen LogP contribution is 2.18. The molecule has 19 heavy (non-hydrogen) atoms. The van der Waals surface area contributed by atoms with E-state index in [4.69, 9.17) is 0 Å². The van der Waals surface area contributed by atoms with Gasteiger partial charge in [0, 0.05) is 22.8 Å². The number of rotatable bonds is 4. The van der Waals surface area contributed by atoms with Crippen LogP contribution >= 0.6 is 11.3 Å². The summed E-state index contributed by atoms with van der Waals surface area (Å²) in [6.07, 6.45) is 7.76. The Hall–Kier alpha value is -1.03. The molecule has 0 bridgehead atoms. The minimum absolute atomic E-state index is 0.606. The summed E-state index contributed by atoms with van der Waals surface area (Å²) in [6, 6.07) is 5.04. The van der Waals surface area contributed by atoms with Gasteiger partial charge in [0.25, 0.3) is 0 Å². The molecule has 1 saturated carbocycles. The van der Waals surface area contributed by atoms with Crippen LogP contribution < -0.4 is 10.6 Å². The Balaban J connectivity index is 1.78. The number of aliphatic imine (C=N–C) groups is 1. The average Bonchev–Trinajstić information content (AvgIpc) is 2.92. The van der Waals surface area contributed by atoms with Gasteiger partial charge < -0.3 is 10.6 Å². The Labute approximate surface area is 120 Å². The van der Waals surface area contributed by atoms with E-state index in [-0.39, 0.29) is 0 Å². The molecule has 106 valence electrons. The molecule has 2 N–H and O–H groups in total. The number of hydrogen-bond acceptors (Lipinski definition) is 2. The van der Waals surface area contributed by atoms with Crippen LogP contribution in [-0.2, 0) is 13.0 Å². The van der Waals surface area contributed by atoms with E-state index in [9.17, 15) is 0 Å². The number of hydrogen-bond donors (Lipinski definition) is 2. The van der Waals surface area contributed by atoms with Crippen LogP contribution in [0.2, 0.25) is 0 Å². The van der Waals surface area contributed by atoms with Gasteiger partial charge in [0.1, 0.15) is 0 Å². The number of thiophene rings is 1. The Morgan fingerprint density at radius 2 is 2.00 bits per heavy atom. The molecule has 1 heterocycles. The molecule has 1 aliphatic rings. The molecule has 0 spiro atoms. The van der Waals surface area contributed by atoms with E-state index in [1.54, 1.807) is 0 Å². The second-order valence-electron chi connectivity index (χ2n) is 5.13. The van der Waals surface area contributed by atoms with Crippen LogP contribution in [0.25, 0.3) is 0 Å². The van der Waals surface area contributed by atoms with Crippen LogP contribution in [0.3, 0.4) is 0 Å². The first-order chi connectivity index (χ1) is 9.31. The molecule has 0 unspecified atom stereocenters. The molecular formula is C15H25N3S. The van der Waals surface area contributed by atoms with Crippen LogP contribution in [0.4, 0.5) is 0 Å². The van der Waals surface area contributed by atoms with Crippen LogP contribution in [0, 0.1) is 0 Å². The number of nitrogens with one attached hydrogen (secondary N) is 2. The molecule has 4 heteroatoms. The van der Waals surface area contributed by atoms with E-state index in [0.717, 1.165) is 18.9 Å². The van der Waals surface area contributed by atoms with Crippen molar-refractivity contribution < 1.29 is 0 Å². The number of nitrogens with zero attached hydrogens (tertiary/aromatic N) is 1. The Morgan fingerprint density at radius 3 is 2.63 bits per heavy atom. The fourth-order valence-corrected chi connectivity index (χ4v) is 3.41. The Bertz CT molecular complexity index is 405. The molecule has 3 nitrogen and oxygen atoms in total. The minimum atomic E-state index is 0.606. The van der Waals surface area contributed by atoms with Crippen molar-refractivity contribution in [3.05, 3.63) is 21.9 Å². The van der Waals surface area contributed by atoms with Crippen molar-refractivity contribution >= 4 is 17.3 Å². The second-order valence-corrected chi connectivity index (χ2v) is 6.38. The molecule has 0 amide bonds. The summed E-state index contributed by atoms with van der Waals surface area (Å²) >= 11 is 1.89. The predicted octanol–water partition coefficient (Wildman–Crippen LogP) is 3.31. The lowest BCUT2D eigenvalue weighted by Crippen LogP contribution is -2.43. The molecule has 1 fully saturated rings. The molecule has 0 atom stereocenters. The van der Waals surface area contributed by atoms with E-state index in [1.165, 1.54) is 41.9 Å². The molecule has 0 aliphatic heterocycles. The van der Waals surface area contributed by atoms with Gasteiger partial charge in [-0.05, 0) is 31.4 Å². The smallest absolute Gasteiger partial charge is 0.191 e. The summed E-state index contributed by atoms with van der Waals surface area (Å²) in [7, 11) is 1.85. The topological polar surface area (TPSA) is 36.4 Å². The highest BCUT2D eigenvalue weighted by atomic mass is 32.1. The van der Waals surface area contributed by atoms with E-state index < -0.39 is 0 Å². The SMILES string of the molecule is CCc1ccc(CNC(=NC)NC2CCCCC2)s1. The standard InChI is InChI=1S/C15H25N3S/c1-3-13-9-10-14(19-13)11-17-15(16-2)18-12-7-5-4-6-8-12/h9-10,12H,3-8,11H2,1-2H3,(H2,16,17,18). The van der Waals surface area contributed by atoms with Crippen molar-refractivity contribution in [2.45, 2.75) is 58.0 Å². The quantitative estimate of drug-likeness (QED) is 0.655. The first-order valence-electron chi connectivity index (χ1n) is 7.36. The van der Waals surface area contributed by atoms with Gasteiger partial charge in [-0.2, -0.15) is 0 Å². The van der Waals surface area contributed by atoms with Crippen LogP contribution in [0.1, 0.15) is 48.8 Å². The molecular weight excluding hydrogens is 254 g/mol. The molecule has 1 aromatic rings. The third kappa shape index (κ3) is 4.53. The molecule has 0 radical (unpaired) electrons. The van der Waals surface area contributed by atoms with Gasteiger partial charge in [0.2, 0.25) is 0 Å². The lowest BCUT2D eigenvalue weighted by atomic mass is 9.96. The largest absolute Gasteiger partial charge is 0.354 e. The van der Waals surface area contributed by atoms with Crippen LogP contribution in [0.5, 0.6) is 0 Å². The Kier molecular flexibility index (Phi) is 5.70. The summed E-state index contributed by atoms with van der Waals surface area (Å²) in [6.45, 7) is 3.07. The van der Waals surface area contributed by atoms with E-state index >= 15 is 0 Å². The highest BCUT2D eigenvalue weighted by molar-refractivity contribution is 7.11. The number of aryl methyl sites for hydroxylation is 1. The fourth-order valence-electron chi connectivity index (χ4n) is 2.51. The van der Waals surface area contributed by atoms with E-state index in [2.05, 4.69) is 34.7 Å². The third-order valence-electron chi connectivity index (χ3n) is 3.67. The fraction of sp³-hybridized carbons (Fsp3) is 0.667. The van der Waals surface area contributed by atoms with Gasteiger partial charge in [0.05, 0.1) is 6.54 Å². The van der Waals surface area contributed by atoms with Gasteiger partial charge in [-0.15, -0.1) is 11.3 Å². The number of guanidine groups is 1. The molecule has 0 aromatic carbocycles. The van der Waals surface area contributed by atoms with Gasteiger partial charge >= 0.3 is 0 Å². The molecule has 2 rings (SSSR count). The monoisotopic (exact) mass is 279 g/mol. The maximum absolute atomic E-state index is 4.32. The summed E-state index contributed by atoms with van der Waals surface area (Å²) in [4.78, 5) is 7.15. The zero-order chi connectivity index (χ0) is 13.5. The van der Waals surface area contributed by atoms with Crippen molar-refractivity contribution in [2.24, 2.45) is 4.99 Å². The molecule has 1 aliphatic carbocycles. The first kappa shape index (κ1) is 14.4. The van der Waals surface area contributed by atoms with Gasteiger partial charge in [-0.25, -0.2) is 0 Å². The van der Waals surface area contributed by atoms with Crippen LogP contribution in [0.15, 0.2) is 17.1 Å². The van der Waals surface area contributed by atoms with Crippen LogP contribution in [-0.4, -0.2) is 19.0 Å². The van der Waals surface area contributed by atoms with Crippen molar-refractivity contribution in [1.29, 1.82) is 0 Å². The van der Waals surface area contributed by atoms with Crippen molar-refractivity contribution in [1.82, 2.24) is 10.6 Å². The summed E-state index contributed by atoms with van der Waals surface area (Å²) in [5.74, 6) is 0.943. The van der Waals surface area contributed by atoms with Gasteiger partial charge in [0.15, 0.2) is 5.96 Å². The molecule has 0 saturated heterocycles. The Morgan fingerprint density at radius 1 is 1.26 bits per heavy atom. The van der Waals surface area contributed by atoms with Crippen molar-refractivity contribution in [3.63, 3.8) is 0 Å². The maximum Gasteiger partial charge on any atom is 0.191 e. The third-order valence-corrected chi connectivity index (χ3v) is 4.90. The minimum Gasteiger partial charge on any atom is -0.354 e. The predicted molar refractivity (Wildman–Crippen MR) is 83.9 cm³/mol. The summed E-state index contributed by atoms with van der Waals surface area (Å²) < 4.78 is 0. The average molecular weight is 279 g/mol. The lowest BCUT2D eigenvalue weighted by Gasteiger charge is -2.24. The van der Waals surface area contributed by atoms with Crippen molar-refractivity contribution in [3.8, 4) is 0 Å². The zero-order valence-corrected chi connectivity index (χ0v) is 12.9. The van der Waals surface area contributed by atoms with Gasteiger partial charge in [-0.3, -0.25) is 4.99 Å². The van der Waals surface area contributed by atoms with E-state index in [1.807, 2.05) is 18.4 Å². The van der Waals surface area contributed by atoms with E-state index in [0.29, 0.717) is 6.04 Å². The maximum atomic E-state index is 4.32. The molecule has 1 aromatic heterocycles. The highest BCUT2D eigenvalue weighted by Gasteiger charge is 2.14. The zero-order valence-electron chi connectivity index (χ0n) is 12.0. The first-order valence-corrected chi connectivity index (χ1v) is 8.18. The normalized spacial score (nSPS) is 17.5.